The largest absolute Gasteiger partial charge is 0.494 e. The lowest BCUT2D eigenvalue weighted by molar-refractivity contribution is -0.384. The van der Waals surface area contributed by atoms with E-state index in [2.05, 4.69) is 0 Å². The van der Waals surface area contributed by atoms with Crippen LogP contribution in [-0.2, 0) is 14.4 Å². The van der Waals surface area contributed by atoms with E-state index in [1.807, 2.05) is 6.92 Å². The smallest absolute Gasteiger partial charge is 0.343 e. The van der Waals surface area contributed by atoms with Crippen molar-refractivity contribution in [2.45, 2.75) is 25.5 Å². The molecule has 0 aliphatic carbocycles. The Kier molecular flexibility index (Phi) is 7.78. The maximum absolute atomic E-state index is 13.9. The highest BCUT2D eigenvalue weighted by molar-refractivity contribution is 6.24. The molecule has 2 amide bonds. The molecule has 0 spiro atoms. The van der Waals surface area contributed by atoms with Gasteiger partial charge in [-0.3, -0.25) is 24.5 Å². The van der Waals surface area contributed by atoms with Crippen LogP contribution >= 0.6 is 0 Å². The van der Waals surface area contributed by atoms with Crippen LogP contribution in [0.2, 0.25) is 0 Å². The number of hydroxylamine groups is 1. The van der Waals surface area contributed by atoms with Crippen LogP contribution in [0.1, 0.15) is 35.3 Å². The van der Waals surface area contributed by atoms with E-state index in [-0.39, 0.29) is 11.4 Å². The highest BCUT2D eigenvalue weighted by atomic mass is 16.7. The molecule has 4 aromatic carbocycles. The van der Waals surface area contributed by atoms with Gasteiger partial charge in [0, 0.05) is 12.1 Å². The summed E-state index contributed by atoms with van der Waals surface area (Å²) in [7, 11) is 0. The van der Waals surface area contributed by atoms with E-state index in [1.165, 1.54) is 23.3 Å². The van der Waals surface area contributed by atoms with Gasteiger partial charge < -0.3 is 9.47 Å². The summed E-state index contributed by atoms with van der Waals surface area (Å²) in [6.07, 6.45) is -0.330. The van der Waals surface area contributed by atoms with Gasteiger partial charge in [-0.2, -0.15) is 0 Å². The van der Waals surface area contributed by atoms with E-state index < -0.39 is 40.8 Å². The number of non-ortho nitro benzene ring substituents is 1. The number of fused-ring (bicyclic) bond motifs is 1. The second-order valence-electron chi connectivity index (χ2n) is 10.3. The average Bonchev–Trinajstić information content (AvgIpc) is 3.56. The van der Waals surface area contributed by atoms with Crippen molar-refractivity contribution < 1.29 is 33.6 Å². The fourth-order valence-electron chi connectivity index (χ4n) is 5.36. The van der Waals surface area contributed by atoms with E-state index in [9.17, 15) is 24.5 Å². The number of amides is 2. The minimum Gasteiger partial charge on any atom is -0.494 e. The van der Waals surface area contributed by atoms with Crippen molar-refractivity contribution in [3.8, 4) is 11.5 Å². The Bertz CT molecular complexity index is 1710. The Morgan fingerprint density at radius 2 is 1.57 bits per heavy atom. The van der Waals surface area contributed by atoms with Gasteiger partial charge in [-0.25, -0.2) is 14.8 Å². The molecule has 44 heavy (non-hydrogen) atoms. The molecule has 11 nitrogen and oxygen atoms in total. The molecule has 2 heterocycles. The predicted octanol–water partition coefficient (Wildman–Crippen LogP) is 5.65. The first-order chi connectivity index (χ1) is 21.4. The highest BCUT2D eigenvalue weighted by Crippen LogP contribution is 2.48. The number of ether oxygens (including phenoxy) is 2. The molecule has 0 bridgehead atoms. The van der Waals surface area contributed by atoms with Gasteiger partial charge in [0.1, 0.15) is 17.4 Å². The number of nitrogens with zero attached hydrogens (tertiary/aromatic N) is 3. The maximum atomic E-state index is 13.9. The highest BCUT2D eigenvalue weighted by Gasteiger charge is 2.60. The number of hydrogen-bond acceptors (Lipinski definition) is 9. The van der Waals surface area contributed by atoms with Crippen LogP contribution in [0.5, 0.6) is 11.5 Å². The summed E-state index contributed by atoms with van der Waals surface area (Å²) in [5, 5.41) is 12.9. The molecule has 6 rings (SSSR count). The third kappa shape index (κ3) is 5.36. The molecular formula is C33H27N3O8. The van der Waals surface area contributed by atoms with Gasteiger partial charge in [-0.1, -0.05) is 43.3 Å². The third-order valence-electron chi connectivity index (χ3n) is 7.42. The van der Waals surface area contributed by atoms with E-state index in [0.29, 0.717) is 34.9 Å². The van der Waals surface area contributed by atoms with Crippen LogP contribution < -0.4 is 19.4 Å². The molecule has 0 radical (unpaired) electrons. The SMILES string of the molecule is CCCOc1ccc(N2C(=O)[C@H]3[C@@H](c4ccc(OC(=O)c5ccccc5)cc4)N(c4cccc([N+](=O)[O-])c4)O[C@H]3C2=O)cc1. The number of hydrogen-bond donors (Lipinski definition) is 0. The van der Waals surface area contributed by atoms with Crippen molar-refractivity contribution >= 4 is 34.8 Å². The number of carbonyl (C=O) groups is 3. The molecule has 2 aliphatic rings. The van der Waals surface area contributed by atoms with Crippen molar-refractivity contribution in [3.63, 3.8) is 0 Å². The molecule has 11 heteroatoms. The van der Waals surface area contributed by atoms with Gasteiger partial charge in [0.2, 0.25) is 5.91 Å². The molecule has 2 aliphatic heterocycles. The van der Waals surface area contributed by atoms with E-state index in [1.54, 1.807) is 84.9 Å². The minimum absolute atomic E-state index is 0.172. The van der Waals surface area contributed by atoms with Gasteiger partial charge in [-0.15, -0.1) is 0 Å². The molecule has 2 saturated heterocycles. The molecule has 2 fully saturated rings. The molecule has 222 valence electrons. The van der Waals surface area contributed by atoms with E-state index in [4.69, 9.17) is 14.3 Å². The van der Waals surface area contributed by atoms with Gasteiger partial charge >= 0.3 is 5.97 Å². The van der Waals surface area contributed by atoms with Crippen molar-refractivity contribution in [1.82, 2.24) is 0 Å². The minimum atomic E-state index is -1.17. The lowest BCUT2D eigenvalue weighted by Crippen LogP contribution is -2.37. The number of carbonyl (C=O) groups excluding carboxylic acids is 3. The molecule has 0 unspecified atom stereocenters. The molecule has 3 atom stereocenters. The first-order valence-electron chi connectivity index (χ1n) is 14.0. The summed E-state index contributed by atoms with van der Waals surface area (Å²) in [6.45, 7) is 2.53. The lowest BCUT2D eigenvalue weighted by Gasteiger charge is -2.28. The number of rotatable bonds is 9. The zero-order valence-electron chi connectivity index (χ0n) is 23.6. The number of nitro groups is 1. The van der Waals surface area contributed by atoms with Crippen LogP contribution in [0.25, 0.3) is 0 Å². The van der Waals surface area contributed by atoms with Gasteiger partial charge in [0.05, 0.1) is 34.5 Å². The Labute approximate surface area is 252 Å². The van der Waals surface area contributed by atoms with Crippen LogP contribution in [0.3, 0.4) is 0 Å². The molecule has 0 N–H and O–H groups in total. The zero-order chi connectivity index (χ0) is 30.8. The first kappa shape index (κ1) is 28.6. The molecular weight excluding hydrogens is 566 g/mol. The lowest BCUT2D eigenvalue weighted by atomic mass is 9.90. The van der Waals surface area contributed by atoms with Crippen molar-refractivity contribution in [3.05, 3.63) is 124 Å². The number of esters is 1. The quantitative estimate of drug-likeness (QED) is 0.0794. The second kappa shape index (κ2) is 12.0. The maximum Gasteiger partial charge on any atom is 0.343 e. The van der Waals surface area contributed by atoms with Gasteiger partial charge in [-0.05, 0) is 66.6 Å². The summed E-state index contributed by atoms with van der Waals surface area (Å²) < 4.78 is 11.1. The Hall–Kier alpha value is -5.55. The number of benzene rings is 4. The zero-order valence-corrected chi connectivity index (χ0v) is 23.6. The Morgan fingerprint density at radius 1 is 0.864 bits per heavy atom. The summed E-state index contributed by atoms with van der Waals surface area (Å²) in [6, 6.07) is 26.7. The summed E-state index contributed by atoms with van der Waals surface area (Å²) in [5.74, 6) is -1.61. The van der Waals surface area contributed by atoms with Crippen LogP contribution in [-0.4, -0.2) is 35.4 Å². The monoisotopic (exact) mass is 593 g/mol. The van der Waals surface area contributed by atoms with Crippen LogP contribution in [0.15, 0.2) is 103 Å². The summed E-state index contributed by atoms with van der Waals surface area (Å²) in [4.78, 5) is 58.4. The molecule has 0 aromatic heterocycles. The fourth-order valence-corrected chi connectivity index (χ4v) is 5.36. The predicted molar refractivity (Wildman–Crippen MR) is 159 cm³/mol. The first-order valence-corrected chi connectivity index (χ1v) is 14.0. The van der Waals surface area contributed by atoms with Crippen LogP contribution in [0, 0.1) is 16.0 Å². The Morgan fingerprint density at radius 3 is 2.25 bits per heavy atom. The fraction of sp³-hybridized carbons (Fsp3) is 0.182. The van der Waals surface area contributed by atoms with Crippen LogP contribution in [0.4, 0.5) is 17.1 Å². The van der Waals surface area contributed by atoms with Gasteiger partial charge in [0.15, 0.2) is 6.10 Å². The standard InChI is InChI=1S/C33H27N3O8/c1-2-19-42-26-17-13-23(14-18-26)34-31(37)28-29(21-11-15-27(16-12-21)43-33(39)22-7-4-3-5-8-22)35(44-30(28)32(34)38)24-9-6-10-25(20-24)36(40)41/h3-18,20,28-30H,2,19H2,1H3/t28-,29+,30+/m0/s1. The van der Waals surface area contributed by atoms with Crippen molar-refractivity contribution in [2.24, 2.45) is 5.92 Å². The number of anilines is 2. The summed E-state index contributed by atoms with van der Waals surface area (Å²) >= 11 is 0. The molecule has 4 aromatic rings. The van der Waals surface area contributed by atoms with E-state index >= 15 is 0 Å². The summed E-state index contributed by atoms with van der Waals surface area (Å²) in [5.41, 5.74) is 1.48. The number of nitro benzene ring substituents is 1. The topological polar surface area (TPSA) is 129 Å². The van der Waals surface area contributed by atoms with Gasteiger partial charge in [0.25, 0.3) is 11.6 Å². The second-order valence-corrected chi connectivity index (χ2v) is 10.3. The Balaban J connectivity index is 1.32. The third-order valence-corrected chi connectivity index (χ3v) is 7.42. The van der Waals surface area contributed by atoms with E-state index in [0.717, 1.165) is 11.3 Å². The van der Waals surface area contributed by atoms with Crippen molar-refractivity contribution in [2.75, 3.05) is 16.6 Å². The molecule has 0 saturated carbocycles. The number of imide groups is 1. The average molecular weight is 594 g/mol. The van der Waals surface area contributed by atoms with Crippen molar-refractivity contribution in [1.29, 1.82) is 0 Å². The normalized spacial score (nSPS) is 19.2.